The van der Waals surface area contributed by atoms with E-state index >= 15 is 0 Å². The van der Waals surface area contributed by atoms with E-state index in [1.165, 1.54) is 5.56 Å². The lowest BCUT2D eigenvalue weighted by Crippen LogP contribution is -2.52. The molecule has 110 valence electrons. The van der Waals surface area contributed by atoms with Crippen LogP contribution in [0, 0.1) is 5.92 Å². The standard InChI is InChI=1S/C15H19BrN2O.ClH/c1-10-9-17-5-6-18(10)15(19)14-8-13(14)11-3-2-4-12(16)7-11;/h2-4,7,10,13-14,17H,5-6,8-9H2,1H3;1H/t10-,13?,14?;/m0./s1. The van der Waals surface area contributed by atoms with Crippen molar-refractivity contribution in [3.63, 3.8) is 0 Å². The van der Waals surface area contributed by atoms with E-state index in [2.05, 4.69) is 45.2 Å². The summed E-state index contributed by atoms with van der Waals surface area (Å²) in [5.41, 5.74) is 1.29. The zero-order chi connectivity index (χ0) is 13.4. The number of benzene rings is 1. The summed E-state index contributed by atoms with van der Waals surface area (Å²) in [6, 6.07) is 8.67. The zero-order valence-electron chi connectivity index (χ0n) is 11.5. The number of carbonyl (C=O) groups excluding carboxylic acids is 1. The summed E-state index contributed by atoms with van der Waals surface area (Å²) in [5.74, 6) is 0.973. The number of hydrogen-bond donors (Lipinski definition) is 1. The lowest BCUT2D eigenvalue weighted by Gasteiger charge is -2.34. The van der Waals surface area contributed by atoms with Gasteiger partial charge < -0.3 is 10.2 Å². The van der Waals surface area contributed by atoms with Crippen molar-refractivity contribution in [3.8, 4) is 0 Å². The second-order valence-corrected chi connectivity index (χ2v) is 6.50. The van der Waals surface area contributed by atoms with E-state index in [1.807, 2.05) is 12.1 Å². The zero-order valence-corrected chi connectivity index (χ0v) is 13.9. The third-order valence-electron chi connectivity index (χ3n) is 4.17. The Hall–Kier alpha value is -0.580. The van der Waals surface area contributed by atoms with Gasteiger partial charge in [-0.25, -0.2) is 0 Å². The minimum absolute atomic E-state index is 0. The molecule has 0 aromatic heterocycles. The third-order valence-corrected chi connectivity index (χ3v) is 4.66. The normalized spacial score (nSPS) is 28.7. The van der Waals surface area contributed by atoms with Crippen LogP contribution in [0.3, 0.4) is 0 Å². The predicted molar refractivity (Wildman–Crippen MR) is 86.3 cm³/mol. The average Bonchev–Trinajstić information content (AvgIpc) is 3.19. The molecular formula is C15H20BrClN2O. The minimum atomic E-state index is 0. The van der Waals surface area contributed by atoms with Crippen molar-refractivity contribution in [1.82, 2.24) is 10.2 Å². The first-order valence-corrected chi connectivity index (χ1v) is 7.73. The Labute approximate surface area is 134 Å². The fourth-order valence-electron chi connectivity index (χ4n) is 2.95. The number of rotatable bonds is 2. The van der Waals surface area contributed by atoms with Crippen LogP contribution in [-0.2, 0) is 4.79 Å². The van der Waals surface area contributed by atoms with Crippen LogP contribution in [0.2, 0.25) is 0 Å². The molecule has 3 nitrogen and oxygen atoms in total. The highest BCUT2D eigenvalue weighted by Gasteiger charge is 2.46. The van der Waals surface area contributed by atoms with Crippen molar-refractivity contribution < 1.29 is 4.79 Å². The molecule has 1 aromatic carbocycles. The van der Waals surface area contributed by atoms with Gasteiger partial charge in [-0.15, -0.1) is 12.4 Å². The second kappa shape index (κ2) is 6.46. The number of piperazine rings is 1. The molecule has 0 bridgehead atoms. The van der Waals surface area contributed by atoms with E-state index in [0.717, 1.165) is 30.5 Å². The van der Waals surface area contributed by atoms with Crippen molar-refractivity contribution in [2.75, 3.05) is 19.6 Å². The molecular weight excluding hydrogens is 340 g/mol. The largest absolute Gasteiger partial charge is 0.337 e. The Morgan fingerprint density at radius 1 is 1.45 bits per heavy atom. The first kappa shape index (κ1) is 15.8. The Morgan fingerprint density at radius 3 is 2.95 bits per heavy atom. The lowest BCUT2D eigenvalue weighted by molar-refractivity contribution is -0.135. The van der Waals surface area contributed by atoms with Crippen LogP contribution < -0.4 is 5.32 Å². The summed E-state index contributed by atoms with van der Waals surface area (Å²) in [5, 5.41) is 3.33. The quantitative estimate of drug-likeness (QED) is 0.880. The van der Waals surface area contributed by atoms with Crippen LogP contribution in [0.4, 0.5) is 0 Å². The molecule has 1 amide bonds. The van der Waals surface area contributed by atoms with Crippen LogP contribution in [0.15, 0.2) is 28.7 Å². The molecule has 1 saturated carbocycles. The number of nitrogens with zero attached hydrogens (tertiary/aromatic N) is 1. The summed E-state index contributed by atoms with van der Waals surface area (Å²) >= 11 is 3.50. The first-order valence-electron chi connectivity index (χ1n) is 6.93. The van der Waals surface area contributed by atoms with Gasteiger partial charge in [-0.2, -0.15) is 0 Å². The molecule has 2 aliphatic rings. The Morgan fingerprint density at radius 2 is 2.25 bits per heavy atom. The third kappa shape index (κ3) is 3.18. The van der Waals surface area contributed by atoms with Gasteiger partial charge in [0.1, 0.15) is 0 Å². The van der Waals surface area contributed by atoms with Gasteiger partial charge in [-0.3, -0.25) is 4.79 Å². The fourth-order valence-corrected chi connectivity index (χ4v) is 3.37. The van der Waals surface area contributed by atoms with E-state index in [-0.39, 0.29) is 18.3 Å². The van der Waals surface area contributed by atoms with Crippen LogP contribution in [0.1, 0.15) is 24.8 Å². The van der Waals surface area contributed by atoms with Crippen LogP contribution >= 0.6 is 28.3 Å². The fraction of sp³-hybridized carbons (Fsp3) is 0.533. The molecule has 20 heavy (non-hydrogen) atoms. The van der Waals surface area contributed by atoms with Crippen molar-refractivity contribution >= 4 is 34.2 Å². The van der Waals surface area contributed by atoms with E-state index in [9.17, 15) is 4.79 Å². The topological polar surface area (TPSA) is 32.3 Å². The van der Waals surface area contributed by atoms with Gasteiger partial charge in [0.05, 0.1) is 0 Å². The predicted octanol–water partition coefficient (Wildman–Crippen LogP) is 2.79. The molecule has 1 heterocycles. The number of nitrogens with one attached hydrogen (secondary N) is 1. The van der Waals surface area contributed by atoms with Gasteiger partial charge in [-0.05, 0) is 37.0 Å². The second-order valence-electron chi connectivity index (χ2n) is 5.59. The Bertz CT molecular complexity index is 497. The van der Waals surface area contributed by atoms with Crippen molar-refractivity contribution in [2.45, 2.75) is 25.3 Å². The van der Waals surface area contributed by atoms with E-state index in [1.54, 1.807) is 0 Å². The van der Waals surface area contributed by atoms with Crippen LogP contribution in [0.5, 0.6) is 0 Å². The van der Waals surface area contributed by atoms with Crippen molar-refractivity contribution in [2.24, 2.45) is 5.92 Å². The molecule has 1 aromatic rings. The van der Waals surface area contributed by atoms with Crippen molar-refractivity contribution in [1.29, 1.82) is 0 Å². The number of amides is 1. The number of hydrogen-bond acceptors (Lipinski definition) is 2. The van der Waals surface area contributed by atoms with Gasteiger partial charge in [-0.1, -0.05) is 28.1 Å². The average molecular weight is 360 g/mol. The monoisotopic (exact) mass is 358 g/mol. The van der Waals surface area contributed by atoms with E-state index in [4.69, 9.17) is 0 Å². The molecule has 1 N–H and O–H groups in total. The molecule has 1 aliphatic carbocycles. The molecule has 5 heteroatoms. The highest BCUT2D eigenvalue weighted by molar-refractivity contribution is 9.10. The van der Waals surface area contributed by atoms with E-state index in [0.29, 0.717) is 17.9 Å². The summed E-state index contributed by atoms with van der Waals surface area (Å²) in [6.07, 6.45) is 1.01. The van der Waals surface area contributed by atoms with Crippen LogP contribution in [0.25, 0.3) is 0 Å². The smallest absolute Gasteiger partial charge is 0.226 e. The van der Waals surface area contributed by atoms with E-state index < -0.39 is 0 Å². The number of halogens is 2. The summed E-state index contributed by atoms with van der Waals surface area (Å²) in [6.45, 7) is 4.81. The first-order chi connectivity index (χ1) is 9.16. The van der Waals surface area contributed by atoms with Crippen LogP contribution in [-0.4, -0.2) is 36.5 Å². The maximum absolute atomic E-state index is 12.5. The lowest BCUT2D eigenvalue weighted by atomic mass is 10.1. The van der Waals surface area contributed by atoms with Gasteiger partial charge >= 0.3 is 0 Å². The SMILES string of the molecule is C[C@H]1CNCCN1C(=O)C1CC1c1cccc(Br)c1.Cl. The summed E-state index contributed by atoms with van der Waals surface area (Å²) in [4.78, 5) is 14.6. The highest BCUT2D eigenvalue weighted by atomic mass is 79.9. The molecule has 2 fully saturated rings. The van der Waals surface area contributed by atoms with Gasteiger partial charge in [0, 0.05) is 36.1 Å². The molecule has 3 atom stereocenters. The van der Waals surface area contributed by atoms with Gasteiger partial charge in [0.25, 0.3) is 0 Å². The molecule has 0 spiro atoms. The number of carbonyl (C=O) groups is 1. The molecule has 1 aliphatic heterocycles. The summed E-state index contributed by atoms with van der Waals surface area (Å²) in [7, 11) is 0. The molecule has 0 radical (unpaired) electrons. The summed E-state index contributed by atoms with van der Waals surface area (Å²) < 4.78 is 1.10. The molecule has 1 saturated heterocycles. The molecule has 3 rings (SSSR count). The van der Waals surface area contributed by atoms with Crippen molar-refractivity contribution in [3.05, 3.63) is 34.3 Å². The Balaban J connectivity index is 0.00000147. The Kier molecular flexibility index (Phi) is 5.10. The molecule has 2 unspecified atom stereocenters. The minimum Gasteiger partial charge on any atom is -0.337 e. The van der Waals surface area contributed by atoms with Gasteiger partial charge in [0.15, 0.2) is 0 Å². The van der Waals surface area contributed by atoms with Gasteiger partial charge in [0.2, 0.25) is 5.91 Å². The maximum Gasteiger partial charge on any atom is 0.226 e. The maximum atomic E-state index is 12.5. The highest BCUT2D eigenvalue weighted by Crippen LogP contribution is 2.49.